The molecule has 1 fully saturated rings. The lowest BCUT2D eigenvalue weighted by molar-refractivity contribution is -0.137. The highest BCUT2D eigenvalue weighted by Gasteiger charge is 2.30. The Morgan fingerprint density at radius 2 is 1.54 bits per heavy atom. The van der Waals surface area contributed by atoms with E-state index in [4.69, 9.17) is 4.98 Å². The first-order chi connectivity index (χ1) is 16.7. The molecule has 0 atom stereocenters. The van der Waals surface area contributed by atoms with Gasteiger partial charge in [0.2, 0.25) is 5.91 Å². The number of piperazine rings is 1. The molecule has 8 heteroatoms. The molecular formula is C27H37F3N4O. The molecule has 0 spiro atoms. The van der Waals surface area contributed by atoms with E-state index >= 15 is 0 Å². The molecular weight excluding hydrogens is 453 g/mol. The lowest BCUT2D eigenvalue weighted by atomic mass is 10.1. The number of benzene rings is 1. The molecule has 0 N–H and O–H groups in total. The van der Waals surface area contributed by atoms with Gasteiger partial charge in [0.25, 0.3) is 0 Å². The number of nitrogens with zero attached hydrogens (tertiary/aromatic N) is 4. The van der Waals surface area contributed by atoms with Crippen LogP contribution in [0.5, 0.6) is 0 Å². The number of aromatic nitrogens is 2. The second-order valence-corrected chi connectivity index (χ2v) is 9.25. The van der Waals surface area contributed by atoms with Gasteiger partial charge in [-0.3, -0.25) is 4.79 Å². The molecule has 1 aromatic carbocycles. The smallest absolute Gasteiger partial charge is 0.353 e. The fourth-order valence-electron chi connectivity index (χ4n) is 4.58. The van der Waals surface area contributed by atoms with Crippen LogP contribution in [0.4, 0.5) is 19.0 Å². The van der Waals surface area contributed by atoms with E-state index in [1.54, 1.807) is 0 Å². The number of rotatable bonds is 10. The Hall–Kier alpha value is -2.64. The van der Waals surface area contributed by atoms with E-state index in [9.17, 15) is 18.0 Å². The molecule has 1 aromatic heterocycles. The Morgan fingerprint density at radius 1 is 0.914 bits per heavy atom. The van der Waals surface area contributed by atoms with E-state index in [2.05, 4.69) is 16.8 Å². The lowest BCUT2D eigenvalue weighted by Gasteiger charge is -2.36. The van der Waals surface area contributed by atoms with Crippen LogP contribution in [0.25, 0.3) is 11.4 Å². The molecule has 1 saturated heterocycles. The van der Waals surface area contributed by atoms with Gasteiger partial charge in [-0.1, -0.05) is 58.1 Å². The first-order valence-electron chi connectivity index (χ1n) is 12.8. The highest BCUT2D eigenvalue weighted by Crippen LogP contribution is 2.31. The fraction of sp³-hybridized carbons (Fsp3) is 0.593. The molecule has 1 amide bonds. The summed E-state index contributed by atoms with van der Waals surface area (Å²) in [7, 11) is 0. The summed E-state index contributed by atoms with van der Waals surface area (Å²) in [6.07, 6.45) is 3.97. The number of alkyl halides is 3. The molecule has 0 bridgehead atoms. The number of carbonyl (C=O) groups excluding carboxylic acids is 1. The van der Waals surface area contributed by atoms with Crippen LogP contribution in [0.2, 0.25) is 0 Å². The fourth-order valence-corrected chi connectivity index (χ4v) is 4.58. The maximum atomic E-state index is 12.9. The van der Waals surface area contributed by atoms with Gasteiger partial charge in [-0.05, 0) is 31.9 Å². The number of anilines is 1. The van der Waals surface area contributed by atoms with Gasteiger partial charge in [0.15, 0.2) is 5.82 Å². The SMILES string of the molecule is CCCCCCCCC(=O)N1CCN(c2nc(-c3ccc(C(F)(F)F)cc3)nc(C)c2CC)CC1. The normalized spacial score (nSPS) is 14.5. The molecule has 35 heavy (non-hydrogen) atoms. The van der Waals surface area contributed by atoms with E-state index in [0.717, 1.165) is 48.5 Å². The molecule has 0 unspecified atom stereocenters. The molecule has 0 radical (unpaired) electrons. The van der Waals surface area contributed by atoms with E-state index in [-0.39, 0.29) is 5.91 Å². The third-order valence-corrected chi connectivity index (χ3v) is 6.69. The Bertz CT molecular complexity index is 968. The number of unbranched alkanes of at least 4 members (excludes halogenated alkanes) is 5. The van der Waals surface area contributed by atoms with Crippen LogP contribution in [0.15, 0.2) is 24.3 Å². The van der Waals surface area contributed by atoms with Gasteiger partial charge in [-0.15, -0.1) is 0 Å². The molecule has 192 valence electrons. The van der Waals surface area contributed by atoms with Crippen molar-refractivity contribution in [2.75, 3.05) is 31.1 Å². The van der Waals surface area contributed by atoms with Crippen LogP contribution >= 0.6 is 0 Å². The van der Waals surface area contributed by atoms with Gasteiger partial charge < -0.3 is 9.80 Å². The first kappa shape index (κ1) is 27.0. The third kappa shape index (κ3) is 7.18. The monoisotopic (exact) mass is 490 g/mol. The van der Waals surface area contributed by atoms with Crippen molar-refractivity contribution in [3.8, 4) is 11.4 Å². The molecule has 1 aliphatic heterocycles. The van der Waals surface area contributed by atoms with Crippen molar-refractivity contribution in [3.05, 3.63) is 41.1 Å². The minimum atomic E-state index is -4.38. The van der Waals surface area contributed by atoms with Crippen LogP contribution in [-0.2, 0) is 17.4 Å². The van der Waals surface area contributed by atoms with Crippen molar-refractivity contribution in [1.29, 1.82) is 0 Å². The summed E-state index contributed by atoms with van der Waals surface area (Å²) in [4.78, 5) is 26.1. The van der Waals surface area contributed by atoms with E-state index < -0.39 is 11.7 Å². The van der Waals surface area contributed by atoms with Crippen LogP contribution in [0.1, 0.15) is 75.6 Å². The minimum Gasteiger partial charge on any atom is -0.353 e. The highest BCUT2D eigenvalue weighted by molar-refractivity contribution is 5.76. The van der Waals surface area contributed by atoms with Crippen molar-refractivity contribution in [3.63, 3.8) is 0 Å². The zero-order valence-electron chi connectivity index (χ0n) is 21.1. The second-order valence-electron chi connectivity index (χ2n) is 9.25. The largest absolute Gasteiger partial charge is 0.416 e. The van der Waals surface area contributed by atoms with Gasteiger partial charge in [0, 0.05) is 49.4 Å². The average molecular weight is 491 g/mol. The summed E-state index contributed by atoms with van der Waals surface area (Å²) in [6, 6.07) is 4.98. The third-order valence-electron chi connectivity index (χ3n) is 6.69. The van der Waals surface area contributed by atoms with Crippen molar-refractivity contribution in [1.82, 2.24) is 14.9 Å². The maximum Gasteiger partial charge on any atom is 0.416 e. The van der Waals surface area contributed by atoms with Gasteiger partial charge >= 0.3 is 6.18 Å². The van der Waals surface area contributed by atoms with E-state index in [0.29, 0.717) is 44.0 Å². The summed E-state index contributed by atoms with van der Waals surface area (Å²) in [5.74, 6) is 1.46. The zero-order chi connectivity index (χ0) is 25.4. The van der Waals surface area contributed by atoms with Gasteiger partial charge in [-0.25, -0.2) is 9.97 Å². The molecule has 1 aliphatic rings. The molecule has 2 heterocycles. The molecule has 2 aromatic rings. The Labute approximate surface area is 206 Å². The predicted molar refractivity (Wildman–Crippen MR) is 133 cm³/mol. The van der Waals surface area contributed by atoms with Crippen molar-refractivity contribution >= 4 is 11.7 Å². The quantitative estimate of drug-likeness (QED) is 0.360. The van der Waals surface area contributed by atoms with Gasteiger partial charge in [-0.2, -0.15) is 13.2 Å². The summed E-state index contributed by atoms with van der Waals surface area (Å²) in [6.45, 7) is 8.82. The van der Waals surface area contributed by atoms with Gasteiger partial charge in [0.05, 0.1) is 5.56 Å². The van der Waals surface area contributed by atoms with E-state index in [1.165, 1.54) is 37.8 Å². The average Bonchev–Trinajstić information content (AvgIpc) is 2.85. The van der Waals surface area contributed by atoms with Crippen LogP contribution in [0, 0.1) is 6.92 Å². The van der Waals surface area contributed by atoms with Crippen LogP contribution in [0.3, 0.4) is 0 Å². The number of hydrogen-bond donors (Lipinski definition) is 0. The second kappa shape index (κ2) is 12.4. The standard InChI is InChI=1S/C27H37F3N4O/c1-4-6-7-8-9-10-11-24(35)33-16-18-34(19-17-33)26-23(5-2)20(3)31-25(32-26)21-12-14-22(15-13-21)27(28,29)30/h12-15H,4-11,16-19H2,1-3H3. The van der Waals surface area contributed by atoms with Crippen LogP contribution in [-0.4, -0.2) is 47.0 Å². The van der Waals surface area contributed by atoms with Gasteiger partial charge in [0.1, 0.15) is 5.82 Å². The number of hydrogen-bond acceptors (Lipinski definition) is 4. The van der Waals surface area contributed by atoms with E-state index in [1.807, 2.05) is 18.7 Å². The first-order valence-corrected chi connectivity index (χ1v) is 12.8. The summed E-state index contributed by atoms with van der Waals surface area (Å²) >= 11 is 0. The number of amides is 1. The molecule has 5 nitrogen and oxygen atoms in total. The minimum absolute atomic E-state index is 0.222. The summed E-state index contributed by atoms with van der Waals surface area (Å²) in [5, 5.41) is 0. The molecule has 0 aliphatic carbocycles. The summed E-state index contributed by atoms with van der Waals surface area (Å²) < 4.78 is 38.8. The topological polar surface area (TPSA) is 49.3 Å². The number of halogens is 3. The molecule has 3 rings (SSSR count). The Kier molecular flexibility index (Phi) is 9.52. The summed E-state index contributed by atoms with van der Waals surface area (Å²) in [5.41, 5.74) is 1.73. The van der Waals surface area contributed by atoms with Crippen molar-refractivity contribution in [2.45, 2.75) is 78.3 Å². The Balaban J connectivity index is 1.65. The number of aryl methyl sites for hydroxylation is 1. The molecule has 0 saturated carbocycles. The maximum absolute atomic E-state index is 12.9. The predicted octanol–water partition coefficient (Wildman–Crippen LogP) is 6.43. The van der Waals surface area contributed by atoms with Crippen molar-refractivity contribution in [2.24, 2.45) is 0 Å². The zero-order valence-corrected chi connectivity index (χ0v) is 21.1. The lowest BCUT2D eigenvalue weighted by Crippen LogP contribution is -2.49. The highest BCUT2D eigenvalue weighted by atomic mass is 19.4. The van der Waals surface area contributed by atoms with Crippen molar-refractivity contribution < 1.29 is 18.0 Å². The van der Waals surface area contributed by atoms with Crippen LogP contribution < -0.4 is 4.90 Å². The number of carbonyl (C=O) groups is 1. The Morgan fingerprint density at radius 3 is 2.14 bits per heavy atom.